The zero-order chi connectivity index (χ0) is 19.4. The second kappa shape index (κ2) is 8.31. The van der Waals surface area contributed by atoms with E-state index in [1.807, 2.05) is 24.3 Å². The van der Waals surface area contributed by atoms with Crippen LogP contribution in [0.5, 0.6) is 11.5 Å². The van der Waals surface area contributed by atoms with Crippen molar-refractivity contribution >= 4 is 29.1 Å². The predicted octanol–water partition coefficient (Wildman–Crippen LogP) is 3.03. The number of amides is 2. The van der Waals surface area contributed by atoms with Crippen LogP contribution in [-0.4, -0.2) is 32.6 Å². The number of benzene rings is 2. The van der Waals surface area contributed by atoms with Crippen LogP contribution in [0.15, 0.2) is 42.5 Å². The monoisotopic (exact) mass is 388 g/mol. The van der Waals surface area contributed by atoms with Gasteiger partial charge in [-0.25, -0.2) is 0 Å². The van der Waals surface area contributed by atoms with Gasteiger partial charge in [-0.2, -0.15) is 0 Å². The molecule has 6 nitrogen and oxygen atoms in total. The second-order valence-electron chi connectivity index (χ2n) is 6.25. The number of halogens is 1. The summed E-state index contributed by atoms with van der Waals surface area (Å²) in [5.41, 5.74) is 1.46. The Morgan fingerprint density at radius 2 is 1.93 bits per heavy atom. The molecule has 3 rings (SSSR count). The summed E-state index contributed by atoms with van der Waals surface area (Å²) in [7, 11) is 3.12. The van der Waals surface area contributed by atoms with Crippen molar-refractivity contribution < 1.29 is 19.1 Å². The van der Waals surface area contributed by atoms with E-state index in [0.717, 1.165) is 5.56 Å². The fourth-order valence-corrected chi connectivity index (χ4v) is 3.33. The molecule has 1 aliphatic heterocycles. The van der Waals surface area contributed by atoms with Crippen molar-refractivity contribution in [2.45, 2.75) is 13.0 Å². The summed E-state index contributed by atoms with van der Waals surface area (Å²) in [6.07, 6.45) is 0.146. The third kappa shape index (κ3) is 4.17. The van der Waals surface area contributed by atoms with Gasteiger partial charge in [-0.15, -0.1) is 0 Å². The molecule has 1 N–H and O–H groups in total. The molecule has 0 spiro atoms. The van der Waals surface area contributed by atoms with E-state index in [-0.39, 0.29) is 24.8 Å². The number of methoxy groups -OCH3 is 2. The highest BCUT2D eigenvalue weighted by atomic mass is 35.5. The van der Waals surface area contributed by atoms with E-state index in [0.29, 0.717) is 28.8 Å². The SMILES string of the molecule is COc1ccccc1CNC(=O)C1CC(=O)N(c2cc(Cl)ccc2OC)C1. The van der Waals surface area contributed by atoms with Crippen molar-refractivity contribution in [1.82, 2.24) is 5.32 Å². The summed E-state index contributed by atoms with van der Waals surface area (Å²) in [6, 6.07) is 12.6. The van der Waals surface area contributed by atoms with Gasteiger partial charge in [0.05, 0.1) is 25.8 Å². The first kappa shape index (κ1) is 19.0. The Hall–Kier alpha value is -2.73. The zero-order valence-corrected chi connectivity index (χ0v) is 16.0. The third-order valence-corrected chi connectivity index (χ3v) is 4.81. The molecular formula is C20H21ClN2O4. The van der Waals surface area contributed by atoms with E-state index < -0.39 is 5.92 Å². The maximum absolute atomic E-state index is 12.6. The Kier molecular flexibility index (Phi) is 5.86. The van der Waals surface area contributed by atoms with Crippen molar-refractivity contribution in [3.8, 4) is 11.5 Å². The van der Waals surface area contributed by atoms with E-state index >= 15 is 0 Å². The number of rotatable bonds is 6. The second-order valence-corrected chi connectivity index (χ2v) is 6.69. The Labute approximate surface area is 163 Å². The average Bonchev–Trinajstić information content (AvgIpc) is 3.07. The molecule has 0 bridgehead atoms. The first-order valence-corrected chi connectivity index (χ1v) is 8.94. The number of carbonyl (C=O) groups excluding carboxylic acids is 2. The highest BCUT2D eigenvalue weighted by Gasteiger charge is 2.36. The van der Waals surface area contributed by atoms with Crippen LogP contribution in [0.1, 0.15) is 12.0 Å². The zero-order valence-electron chi connectivity index (χ0n) is 15.2. The minimum Gasteiger partial charge on any atom is -0.496 e. The molecule has 0 saturated carbocycles. The lowest BCUT2D eigenvalue weighted by Gasteiger charge is -2.20. The molecule has 1 atom stereocenters. The molecule has 1 saturated heterocycles. The number of hydrogen-bond donors (Lipinski definition) is 1. The number of para-hydroxylation sites is 1. The van der Waals surface area contributed by atoms with Crippen LogP contribution in [0.2, 0.25) is 5.02 Å². The number of nitrogens with one attached hydrogen (secondary N) is 1. The Morgan fingerprint density at radius 3 is 2.67 bits per heavy atom. The number of anilines is 1. The maximum Gasteiger partial charge on any atom is 0.227 e. The number of ether oxygens (including phenoxy) is 2. The molecule has 0 aliphatic carbocycles. The van der Waals surface area contributed by atoms with Crippen LogP contribution in [0.25, 0.3) is 0 Å². The molecule has 1 unspecified atom stereocenters. The van der Waals surface area contributed by atoms with Crippen molar-refractivity contribution in [3.05, 3.63) is 53.1 Å². The molecule has 27 heavy (non-hydrogen) atoms. The fourth-order valence-electron chi connectivity index (χ4n) is 3.17. The molecule has 0 radical (unpaired) electrons. The molecule has 0 aromatic heterocycles. The lowest BCUT2D eigenvalue weighted by Crippen LogP contribution is -2.32. The molecule has 2 aromatic rings. The van der Waals surface area contributed by atoms with E-state index in [1.54, 1.807) is 30.2 Å². The van der Waals surface area contributed by atoms with Crippen LogP contribution in [0.3, 0.4) is 0 Å². The summed E-state index contributed by atoms with van der Waals surface area (Å²) in [5.74, 6) is 0.523. The smallest absolute Gasteiger partial charge is 0.227 e. The normalized spacial score (nSPS) is 16.3. The number of hydrogen-bond acceptors (Lipinski definition) is 4. The first-order chi connectivity index (χ1) is 13.0. The molecule has 1 aliphatic rings. The minimum atomic E-state index is -0.434. The van der Waals surface area contributed by atoms with Crippen molar-refractivity contribution in [2.24, 2.45) is 5.92 Å². The van der Waals surface area contributed by atoms with Gasteiger partial charge in [0, 0.05) is 30.1 Å². The lowest BCUT2D eigenvalue weighted by atomic mass is 10.1. The van der Waals surface area contributed by atoms with Gasteiger partial charge < -0.3 is 19.7 Å². The first-order valence-electron chi connectivity index (χ1n) is 8.57. The van der Waals surface area contributed by atoms with Crippen molar-refractivity contribution in [3.63, 3.8) is 0 Å². The maximum atomic E-state index is 12.6. The van der Waals surface area contributed by atoms with E-state index in [9.17, 15) is 9.59 Å². The summed E-state index contributed by atoms with van der Waals surface area (Å²) >= 11 is 6.06. The van der Waals surface area contributed by atoms with Crippen molar-refractivity contribution in [1.29, 1.82) is 0 Å². The average molecular weight is 389 g/mol. The standard InChI is InChI=1S/C20H21ClN2O4/c1-26-17-6-4-3-5-13(17)11-22-20(25)14-9-19(24)23(12-14)16-10-15(21)7-8-18(16)27-2/h3-8,10,14H,9,11-12H2,1-2H3,(H,22,25). The van der Waals surface area contributed by atoms with Gasteiger partial charge in [0.25, 0.3) is 0 Å². The summed E-state index contributed by atoms with van der Waals surface area (Å²) in [4.78, 5) is 26.6. The van der Waals surface area contributed by atoms with Gasteiger partial charge in [0.15, 0.2) is 0 Å². The molecule has 7 heteroatoms. The quantitative estimate of drug-likeness (QED) is 0.826. The van der Waals surface area contributed by atoms with Gasteiger partial charge in [0.2, 0.25) is 11.8 Å². The van der Waals surface area contributed by atoms with Gasteiger partial charge in [-0.05, 0) is 24.3 Å². The minimum absolute atomic E-state index is 0.131. The van der Waals surface area contributed by atoms with Gasteiger partial charge in [-0.1, -0.05) is 29.8 Å². The third-order valence-electron chi connectivity index (χ3n) is 4.57. The molecule has 1 fully saturated rings. The van der Waals surface area contributed by atoms with Gasteiger partial charge >= 0.3 is 0 Å². The largest absolute Gasteiger partial charge is 0.496 e. The van der Waals surface area contributed by atoms with E-state index in [1.165, 1.54) is 7.11 Å². The number of nitrogens with zero attached hydrogens (tertiary/aromatic N) is 1. The molecular weight excluding hydrogens is 368 g/mol. The van der Waals surface area contributed by atoms with Crippen LogP contribution in [0.4, 0.5) is 5.69 Å². The lowest BCUT2D eigenvalue weighted by molar-refractivity contribution is -0.126. The molecule has 2 aromatic carbocycles. The van der Waals surface area contributed by atoms with Gasteiger partial charge in [-0.3, -0.25) is 9.59 Å². The highest BCUT2D eigenvalue weighted by Crippen LogP contribution is 2.35. The fraction of sp³-hybridized carbons (Fsp3) is 0.300. The topological polar surface area (TPSA) is 67.9 Å². The van der Waals surface area contributed by atoms with Crippen molar-refractivity contribution in [2.75, 3.05) is 25.7 Å². The van der Waals surface area contributed by atoms with Crippen LogP contribution < -0.4 is 19.7 Å². The molecule has 142 valence electrons. The van der Waals surface area contributed by atoms with E-state index in [2.05, 4.69) is 5.32 Å². The Morgan fingerprint density at radius 1 is 1.19 bits per heavy atom. The Balaban J connectivity index is 1.68. The van der Waals surface area contributed by atoms with Gasteiger partial charge in [0.1, 0.15) is 11.5 Å². The van der Waals surface area contributed by atoms with Crippen LogP contribution in [-0.2, 0) is 16.1 Å². The summed E-state index contributed by atoms with van der Waals surface area (Å²) in [5, 5.41) is 3.40. The predicted molar refractivity (Wildman–Crippen MR) is 103 cm³/mol. The van der Waals surface area contributed by atoms with Crippen LogP contribution in [0, 0.1) is 5.92 Å². The molecule has 2 amide bonds. The summed E-state index contributed by atoms with van der Waals surface area (Å²) in [6.45, 7) is 0.626. The molecule has 1 heterocycles. The van der Waals surface area contributed by atoms with E-state index in [4.69, 9.17) is 21.1 Å². The Bertz CT molecular complexity index is 856. The summed E-state index contributed by atoms with van der Waals surface area (Å²) < 4.78 is 10.6. The number of carbonyl (C=O) groups is 2. The highest BCUT2D eigenvalue weighted by molar-refractivity contribution is 6.31. The van der Waals surface area contributed by atoms with Crippen LogP contribution >= 0.6 is 11.6 Å².